The predicted molar refractivity (Wildman–Crippen MR) is 141 cm³/mol. The number of hydrogen-bond donors (Lipinski definition) is 1. The van der Waals surface area contributed by atoms with Crippen LogP contribution in [-0.4, -0.2) is 35.2 Å². The van der Waals surface area contributed by atoms with Gasteiger partial charge in [-0.3, -0.25) is 19.3 Å². The molecule has 3 aromatic carbocycles. The summed E-state index contributed by atoms with van der Waals surface area (Å²) in [7, 11) is 0. The number of anilines is 1. The first kappa shape index (κ1) is 26.0. The molecule has 3 aromatic rings. The van der Waals surface area contributed by atoms with E-state index in [4.69, 9.17) is 9.47 Å². The van der Waals surface area contributed by atoms with Gasteiger partial charge in [0.15, 0.2) is 18.1 Å². The number of para-hydroxylation sites is 1. The Hall–Kier alpha value is -4.11. The van der Waals surface area contributed by atoms with Crippen molar-refractivity contribution in [3.63, 3.8) is 0 Å². The van der Waals surface area contributed by atoms with Crippen LogP contribution >= 0.6 is 11.8 Å². The fourth-order valence-electron chi connectivity index (χ4n) is 3.60. The Kier molecular flexibility index (Phi) is 8.25. The highest BCUT2D eigenvalue weighted by molar-refractivity contribution is 8.18. The fraction of sp³-hybridized carbons (Fsp3) is 0.179. The minimum Gasteiger partial charge on any atom is -0.490 e. The van der Waals surface area contributed by atoms with E-state index < -0.39 is 11.1 Å². The van der Waals surface area contributed by atoms with Crippen molar-refractivity contribution in [2.75, 3.05) is 18.5 Å². The van der Waals surface area contributed by atoms with Crippen molar-refractivity contribution in [3.8, 4) is 11.5 Å². The molecule has 0 aromatic heterocycles. The predicted octanol–water partition coefficient (Wildman–Crippen LogP) is 5.79. The molecule has 0 bridgehead atoms. The largest absolute Gasteiger partial charge is 0.490 e. The minimum atomic E-state index is -0.425. The first-order chi connectivity index (χ1) is 17.8. The van der Waals surface area contributed by atoms with Gasteiger partial charge in [0.1, 0.15) is 5.82 Å². The van der Waals surface area contributed by atoms with Gasteiger partial charge >= 0.3 is 0 Å². The number of nitrogens with zero attached hydrogens (tertiary/aromatic N) is 1. The summed E-state index contributed by atoms with van der Waals surface area (Å²) < 4.78 is 24.5. The van der Waals surface area contributed by atoms with Gasteiger partial charge < -0.3 is 14.8 Å². The number of nitrogens with one attached hydrogen (secondary N) is 1. The third-order valence-electron chi connectivity index (χ3n) is 5.47. The molecule has 0 saturated carbocycles. The molecule has 4 rings (SSSR count). The zero-order valence-corrected chi connectivity index (χ0v) is 21.1. The third-order valence-corrected chi connectivity index (χ3v) is 6.38. The molecule has 3 amide bonds. The molecule has 1 aliphatic rings. The van der Waals surface area contributed by atoms with Crippen LogP contribution in [-0.2, 0) is 16.1 Å². The van der Waals surface area contributed by atoms with E-state index >= 15 is 0 Å². The average molecular weight is 521 g/mol. The number of rotatable bonds is 9. The smallest absolute Gasteiger partial charge is 0.293 e. The number of thioether (sulfide) groups is 1. The van der Waals surface area contributed by atoms with Crippen molar-refractivity contribution in [3.05, 3.63) is 94.1 Å². The molecule has 0 aliphatic carbocycles. The quantitative estimate of drug-likeness (QED) is 0.360. The van der Waals surface area contributed by atoms with Gasteiger partial charge in [0.2, 0.25) is 0 Å². The normalized spacial score (nSPS) is 14.2. The maximum absolute atomic E-state index is 13.2. The Labute approximate surface area is 218 Å². The third kappa shape index (κ3) is 6.56. The van der Waals surface area contributed by atoms with Gasteiger partial charge in [-0.2, -0.15) is 0 Å². The van der Waals surface area contributed by atoms with Crippen LogP contribution in [0.1, 0.15) is 23.6 Å². The summed E-state index contributed by atoms with van der Waals surface area (Å²) in [6.45, 7) is 3.94. The number of carbonyl (C=O) groups is 3. The molecule has 1 saturated heterocycles. The van der Waals surface area contributed by atoms with Crippen LogP contribution in [0.3, 0.4) is 0 Å². The lowest BCUT2D eigenvalue weighted by Crippen LogP contribution is -2.27. The molecule has 9 heteroatoms. The Balaban J connectivity index is 1.44. The van der Waals surface area contributed by atoms with Gasteiger partial charge in [-0.15, -0.1) is 0 Å². The Morgan fingerprint density at radius 2 is 1.78 bits per heavy atom. The molecule has 0 radical (unpaired) electrons. The molecule has 1 aliphatic heterocycles. The molecular weight excluding hydrogens is 495 g/mol. The second-order valence-electron chi connectivity index (χ2n) is 8.19. The topological polar surface area (TPSA) is 84.9 Å². The van der Waals surface area contributed by atoms with E-state index in [1.165, 1.54) is 24.3 Å². The number of amides is 3. The number of aryl methyl sites for hydroxylation is 1. The molecule has 1 fully saturated rings. The molecule has 0 unspecified atom stereocenters. The van der Waals surface area contributed by atoms with Crippen molar-refractivity contribution in [1.29, 1.82) is 0 Å². The van der Waals surface area contributed by atoms with Gasteiger partial charge in [0.25, 0.3) is 17.1 Å². The first-order valence-electron chi connectivity index (χ1n) is 11.6. The highest BCUT2D eigenvalue weighted by Crippen LogP contribution is 2.35. The minimum absolute atomic E-state index is 0.0594. The van der Waals surface area contributed by atoms with E-state index in [1.54, 1.807) is 24.3 Å². The lowest BCUT2D eigenvalue weighted by molar-refractivity contribution is -0.123. The van der Waals surface area contributed by atoms with Gasteiger partial charge in [0.05, 0.1) is 18.1 Å². The summed E-state index contributed by atoms with van der Waals surface area (Å²) in [6, 6.07) is 18.2. The van der Waals surface area contributed by atoms with E-state index in [-0.39, 0.29) is 29.8 Å². The standard InChI is InChI=1S/C28H25FN2O5S/c1-3-35-24-14-20(10-13-23(24)36-17-26(32)30-22-7-5-4-6-18(22)2)15-25-27(33)31(28(34)37-25)16-19-8-11-21(29)12-9-19/h4-15H,3,16-17H2,1-2H3,(H,30,32)/b25-15-. The van der Waals surface area contributed by atoms with Crippen LogP contribution in [0.25, 0.3) is 6.08 Å². The van der Waals surface area contributed by atoms with Crippen molar-refractivity contribution >= 4 is 40.6 Å². The van der Waals surface area contributed by atoms with Crippen LogP contribution < -0.4 is 14.8 Å². The van der Waals surface area contributed by atoms with Crippen LogP contribution in [0, 0.1) is 12.7 Å². The van der Waals surface area contributed by atoms with E-state index in [1.807, 2.05) is 38.1 Å². The van der Waals surface area contributed by atoms with Crippen molar-refractivity contribution in [2.24, 2.45) is 0 Å². The Morgan fingerprint density at radius 3 is 2.51 bits per heavy atom. The Morgan fingerprint density at radius 1 is 1.03 bits per heavy atom. The van der Waals surface area contributed by atoms with E-state index in [0.717, 1.165) is 22.2 Å². The van der Waals surface area contributed by atoms with Gasteiger partial charge in [-0.05, 0) is 78.7 Å². The zero-order chi connectivity index (χ0) is 26.4. The second kappa shape index (κ2) is 11.7. The summed E-state index contributed by atoms with van der Waals surface area (Å²) in [5, 5.41) is 2.42. The maximum atomic E-state index is 13.2. The van der Waals surface area contributed by atoms with Gasteiger partial charge in [-0.1, -0.05) is 36.4 Å². The highest BCUT2D eigenvalue weighted by atomic mass is 32.2. The molecule has 37 heavy (non-hydrogen) atoms. The summed E-state index contributed by atoms with van der Waals surface area (Å²) in [5.74, 6) is -0.336. The van der Waals surface area contributed by atoms with E-state index in [9.17, 15) is 18.8 Å². The summed E-state index contributed by atoms with van der Waals surface area (Å²) in [4.78, 5) is 39.1. The molecular formula is C28H25FN2O5S. The maximum Gasteiger partial charge on any atom is 0.293 e. The Bertz CT molecular complexity index is 1360. The van der Waals surface area contributed by atoms with Crippen LogP contribution in [0.15, 0.2) is 71.6 Å². The molecule has 1 heterocycles. The average Bonchev–Trinajstić information content (AvgIpc) is 3.13. The van der Waals surface area contributed by atoms with Crippen LogP contribution in [0.2, 0.25) is 0 Å². The summed E-state index contributed by atoms with van der Waals surface area (Å²) >= 11 is 0.838. The van der Waals surface area contributed by atoms with E-state index in [0.29, 0.717) is 34.9 Å². The van der Waals surface area contributed by atoms with Crippen molar-refractivity contribution in [1.82, 2.24) is 4.90 Å². The summed E-state index contributed by atoms with van der Waals surface area (Å²) in [6.07, 6.45) is 1.60. The SMILES string of the molecule is CCOc1cc(/C=C2\SC(=O)N(Cc3ccc(F)cc3)C2=O)ccc1OCC(=O)Nc1ccccc1C. The van der Waals surface area contributed by atoms with Crippen molar-refractivity contribution in [2.45, 2.75) is 20.4 Å². The number of imide groups is 1. The number of carbonyl (C=O) groups excluding carboxylic acids is 3. The van der Waals surface area contributed by atoms with E-state index in [2.05, 4.69) is 5.32 Å². The lowest BCUT2D eigenvalue weighted by atomic mass is 10.1. The molecule has 1 N–H and O–H groups in total. The van der Waals surface area contributed by atoms with Crippen LogP contribution in [0.5, 0.6) is 11.5 Å². The molecule has 7 nitrogen and oxygen atoms in total. The number of benzene rings is 3. The number of ether oxygens (including phenoxy) is 2. The lowest BCUT2D eigenvalue weighted by Gasteiger charge is -2.13. The molecule has 0 atom stereocenters. The molecule has 0 spiro atoms. The van der Waals surface area contributed by atoms with Gasteiger partial charge in [0, 0.05) is 5.69 Å². The number of hydrogen-bond acceptors (Lipinski definition) is 6. The number of halogens is 1. The second-order valence-corrected chi connectivity index (χ2v) is 9.18. The monoisotopic (exact) mass is 520 g/mol. The van der Waals surface area contributed by atoms with Crippen LogP contribution in [0.4, 0.5) is 14.9 Å². The first-order valence-corrected chi connectivity index (χ1v) is 12.4. The zero-order valence-electron chi connectivity index (χ0n) is 20.3. The fourth-order valence-corrected chi connectivity index (χ4v) is 4.44. The summed E-state index contributed by atoms with van der Waals surface area (Å²) in [5.41, 5.74) is 2.94. The molecule has 190 valence electrons. The van der Waals surface area contributed by atoms with Gasteiger partial charge in [-0.25, -0.2) is 4.39 Å². The van der Waals surface area contributed by atoms with Crippen molar-refractivity contribution < 1.29 is 28.2 Å². The highest BCUT2D eigenvalue weighted by Gasteiger charge is 2.35.